The van der Waals surface area contributed by atoms with E-state index >= 15 is 0 Å². The summed E-state index contributed by atoms with van der Waals surface area (Å²) in [6.07, 6.45) is 4.60. The van der Waals surface area contributed by atoms with Gasteiger partial charge in [-0.25, -0.2) is 0 Å². The first-order valence-electron chi connectivity index (χ1n) is 9.55. The minimum absolute atomic E-state index is 0. The maximum absolute atomic E-state index is 12.1. The Balaban J connectivity index is 0.00000392. The summed E-state index contributed by atoms with van der Waals surface area (Å²) in [6, 6.07) is 5.00. The lowest BCUT2D eigenvalue weighted by Crippen LogP contribution is -2.47. The zero-order valence-corrected chi connectivity index (χ0v) is 17.6. The predicted molar refractivity (Wildman–Crippen MR) is 111 cm³/mol. The Labute approximate surface area is 173 Å². The zero-order chi connectivity index (χ0) is 19.8. The van der Waals surface area contributed by atoms with Gasteiger partial charge in [0, 0.05) is 12.1 Å². The first-order valence-corrected chi connectivity index (χ1v) is 9.55. The van der Waals surface area contributed by atoms with Crippen LogP contribution in [0.5, 0.6) is 11.5 Å². The number of methoxy groups -OCH3 is 1. The van der Waals surface area contributed by atoms with Crippen LogP contribution in [-0.2, 0) is 16.1 Å². The van der Waals surface area contributed by atoms with Crippen molar-refractivity contribution in [1.29, 1.82) is 0 Å². The minimum atomic E-state index is -0.623. The summed E-state index contributed by atoms with van der Waals surface area (Å²) in [5.74, 6) is 0.740. The van der Waals surface area contributed by atoms with E-state index in [1.807, 2.05) is 32.0 Å². The second kappa shape index (κ2) is 11.8. The van der Waals surface area contributed by atoms with Crippen molar-refractivity contribution >= 4 is 24.2 Å². The highest BCUT2D eigenvalue weighted by Crippen LogP contribution is 2.34. The lowest BCUT2D eigenvalue weighted by molar-refractivity contribution is -0.127. The van der Waals surface area contributed by atoms with Crippen molar-refractivity contribution in [3.8, 4) is 11.5 Å². The van der Waals surface area contributed by atoms with Crippen molar-refractivity contribution in [3.05, 3.63) is 23.8 Å². The molecule has 2 rings (SSSR count). The summed E-state index contributed by atoms with van der Waals surface area (Å²) in [6.45, 7) is 3.91. The molecule has 1 aliphatic rings. The topological polar surface area (TPSA) is 103 Å². The van der Waals surface area contributed by atoms with Gasteiger partial charge in [-0.05, 0) is 37.7 Å². The van der Waals surface area contributed by atoms with Crippen LogP contribution < -0.4 is 25.8 Å². The lowest BCUT2D eigenvalue weighted by atomic mass is 10.1. The molecule has 1 fully saturated rings. The van der Waals surface area contributed by atoms with E-state index in [1.165, 1.54) is 12.8 Å². The molecule has 1 atom stereocenters. The van der Waals surface area contributed by atoms with Crippen molar-refractivity contribution in [1.82, 2.24) is 10.6 Å². The fourth-order valence-electron chi connectivity index (χ4n) is 3.01. The summed E-state index contributed by atoms with van der Waals surface area (Å²) in [5.41, 5.74) is 6.61. The third-order valence-corrected chi connectivity index (χ3v) is 4.79. The smallest absolute Gasteiger partial charge is 0.239 e. The van der Waals surface area contributed by atoms with Gasteiger partial charge in [-0.2, -0.15) is 0 Å². The van der Waals surface area contributed by atoms with Crippen LogP contribution in [0.25, 0.3) is 0 Å². The van der Waals surface area contributed by atoms with E-state index in [1.54, 1.807) is 7.11 Å². The number of carbonyl (C=O) groups is 2. The van der Waals surface area contributed by atoms with Gasteiger partial charge in [-0.3, -0.25) is 9.59 Å². The van der Waals surface area contributed by atoms with Crippen molar-refractivity contribution in [3.63, 3.8) is 0 Å². The molecule has 2 amide bonds. The quantitative estimate of drug-likeness (QED) is 0.575. The molecule has 0 saturated heterocycles. The minimum Gasteiger partial charge on any atom is -0.493 e. The van der Waals surface area contributed by atoms with Gasteiger partial charge in [0.2, 0.25) is 11.8 Å². The van der Waals surface area contributed by atoms with E-state index in [-0.39, 0.29) is 42.8 Å². The van der Waals surface area contributed by atoms with Crippen LogP contribution in [0, 0.1) is 5.92 Å². The largest absolute Gasteiger partial charge is 0.493 e. The van der Waals surface area contributed by atoms with Gasteiger partial charge in [-0.1, -0.05) is 26.0 Å². The van der Waals surface area contributed by atoms with Crippen LogP contribution in [0.4, 0.5) is 0 Å². The molecule has 1 aliphatic carbocycles. The highest BCUT2D eigenvalue weighted by Gasteiger charge is 2.21. The van der Waals surface area contributed by atoms with Crippen LogP contribution in [-0.4, -0.2) is 37.6 Å². The Morgan fingerprint density at radius 3 is 2.50 bits per heavy atom. The maximum atomic E-state index is 12.1. The van der Waals surface area contributed by atoms with E-state index < -0.39 is 6.04 Å². The number of halogens is 1. The number of carbonyl (C=O) groups excluding carboxylic acids is 2. The third-order valence-electron chi connectivity index (χ3n) is 4.79. The van der Waals surface area contributed by atoms with Gasteiger partial charge >= 0.3 is 0 Å². The molecule has 8 heteroatoms. The van der Waals surface area contributed by atoms with Crippen molar-refractivity contribution in [2.45, 2.75) is 58.2 Å². The first kappa shape index (κ1) is 24.0. The summed E-state index contributed by atoms with van der Waals surface area (Å²) in [5, 5.41) is 5.37. The molecule has 7 nitrogen and oxygen atoms in total. The Morgan fingerprint density at radius 1 is 1.21 bits per heavy atom. The van der Waals surface area contributed by atoms with Crippen molar-refractivity contribution in [2.24, 2.45) is 11.7 Å². The number of rotatable bonds is 9. The third kappa shape index (κ3) is 6.87. The molecule has 1 aromatic rings. The molecule has 1 saturated carbocycles. The molecule has 0 aliphatic heterocycles. The average Bonchev–Trinajstić information content (AvgIpc) is 3.17. The van der Waals surface area contributed by atoms with Gasteiger partial charge in [-0.15, -0.1) is 12.4 Å². The van der Waals surface area contributed by atoms with Gasteiger partial charge in [0.05, 0.1) is 25.8 Å². The molecule has 0 aromatic heterocycles. The van der Waals surface area contributed by atoms with E-state index in [0.717, 1.165) is 18.4 Å². The first-order chi connectivity index (χ1) is 12.9. The molecule has 0 heterocycles. The number of para-hydroxylation sites is 1. The van der Waals surface area contributed by atoms with E-state index in [2.05, 4.69) is 10.6 Å². The molecule has 0 unspecified atom stereocenters. The number of nitrogens with one attached hydrogen (secondary N) is 2. The molecule has 1 aromatic carbocycles. The molecular formula is C20H32ClN3O4. The summed E-state index contributed by atoms with van der Waals surface area (Å²) in [4.78, 5) is 23.9. The molecule has 28 heavy (non-hydrogen) atoms. The summed E-state index contributed by atoms with van der Waals surface area (Å²) < 4.78 is 11.6. The van der Waals surface area contributed by atoms with Crippen LogP contribution in [0.2, 0.25) is 0 Å². The lowest BCUT2D eigenvalue weighted by Gasteiger charge is -2.19. The fourth-order valence-corrected chi connectivity index (χ4v) is 3.01. The average molecular weight is 414 g/mol. The van der Waals surface area contributed by atoms with Gasteiger partial charge in [0.15, 0.2) is 11.5 Å². The van der Waals surface area contributed by atoms with Gasteiger partial charge < -0.3 is 25.8 Å². The van der Waals surface area contributed by atoms with Crippen molar-refractivity contribution in [2.75, 3.05) is 13.7 Å². The highest BCUT2D eigenvalue weighted by molar-refractivity contribution is 5.87. The molecular weight excluding hydrogens is 382 g/mol. The van der Waals surface area contributed by atoms with E-state index in [4.69, 9.17) is 15.2 Å². The predicted octanol–water partition coefficient (Wildman–Crippen LogP) is 2.15. The molecule has 0 radical (unpaired) electrons. The fraction of sp³-hybridized carbons (Fsp3) is 0.600. The monoisotopic (exact) mass is 413 g/mol. The van der Waals surface area contributed by atoms with Crippen LogP contribution in [0.1, 0.15) is 45.1 Å². The summed E-state index contributed by atoms with van der Waals surface area (Å²) in [7, 11) is 1.60. The summed E-state index contributed by atoms with van der Waals surface area (Å²) >= 11 is 0. The zero-order valence-electron chi connectivity index (χ0n) is 16.8. The maximum Gasteiger partial charge on any atom is 0.239 e. The van der Waals surface area contributed by atoms with Crippen LogP contribution in [0.15, 0.2) is 18.2 Å². The van der Waals surface area contributed by atoms with Crippen molar-refractivity contribution < 1.29 is 19.1 Å². The number of nitrogens with two attached hydrogens (primary N) is 1. The SMILES string of the molecule is COc1cccc(CNC(=O)CNC(=O)[C@@H](N)C(C)C)c1OC1CCCC1.Cl. The number of amides is 2. The van der Waals surface area contributed by atoms with Crippen LogP contribution >= 0.6 is 12.4 Å². The molecule has 4 N–H and O–H groups in total. The highest BCUT2D eigenvalue weighted by atomic mass is 35.5. The Kier molecular flexibility index (Phi) is 10.1. The van der Waals surface area contributed by atoms with Crippen LogP contribution in [0.3, 0.4) is 0 Å². The molecule has 0 spiro atoms. The Hall–Kier alpha value is -1.99. The van der Waals surface area contributed by atoms with E-state index in [9.17, 15) is 9.59 Å². The second-order valence-corrected chi connectivity index (χ2v) is 7.24. The Bertz CT molecular complexity index is 648. The molecule has 0 bridgehead atoms. The standard InChI is InChI=1S/C20H31N3O4.ClH/c1-13(2)18(21)20(25)23-12-17(24)22-11-14-7-6-10-16(26-3)19(14)27-15-8-4-5-9-15;/h6-7,10,13,15,18H,4-5,8-9,11-12,21H2,1-3H3,(H,22,24)(H,23,25);1H/t18-;/m0./s1. The number of hydrogen-bond acceptors (Lipinski definition) is 5. The normalized spacial score (nSPS) is 14.9. The second-order valence-electron chi connectivity index (χ2n) is 7.24. The number of hydrogen-bond donors (Lipinski definition) is 3. The van der Waals surface area contributed by atoms with E-state index in [0.29, 0.717) is 18.0 Å². The molecule has 158 valence electrons. The van der Waals surface area contributed by atoms with Gasteiger partial charge in [0.1, 0.15) is 0 Å². The number of ether oxygens (including phenoxy) is 2. The van der Waals surface area contributed by atoms with Gasteiger partial charge in [0.25, 0.3) is 0 Å². The number of benzene rings is 1. The Morgan fingerprint density at radius 2 is 1.89 bits per heavy atom.